The quantitative estimate of drug-likeness (QED) is 0.365. The highest BCUT2D eigenvalue weighted by Gasteiger charge is 2.09. The molecular formula is C16H19N5OS3. The second-order valence-electron chi connectivity index (χ2n) is 5.24. The van der Waals surface area contributed by atoms with Crippen LogP contribution in [0, 0.1) is 0 Å². The van der Waals surface area contributed by atoms with Crippen molar-refractivity contribution in [2.75, 3.05) is 11.5 Å². The SMILES string of the molecule is CCCCSc1nnc(SCCCc2nc(-c3ccncc3)no2)s1. The number of aromatic nitrogens is 5. The second kappa shape index (κ2) is 9.88. The van der Waals surface area contributed by atoms with E-state index in [4.69, 9.17) is 4.52 Å². The Hall–Kier alpha value is -1.45. The van der Waals surface area contributed by atoms with Crippen molar-refractivity contribution in [1.82, 2.24) is 25.3 Å². The summed E-state index contributed by atoms with van der Waals surface area (Å²) in [7, 11) is 0. The highest BCUT2D eigenvalue weighted by Crippen LogP contribution is 2.29. The molecule has 0 saturated heterocycles. The van der Waals surface area contributed by atoms with Crippen molar-refractivity contribution in [1.29, 1.82) is 0 Å². The molecule has 0 aliphatic carbocycles. The second-order valence-corrected chi connectivity index (χ2v) is 8.90. The molecule has 0 aliphatic heterocycles. The maximum absolute atomic E-state index is 5.31. The fourth-order valence-corrected chi connectivity index (χ4v) is 5.16. The van der Waals surface area contributed by atoms with Gasteiger partial charge in [-0.15, -0.1) is 10.2 Å². The minimum Gasteiger partial charge on any atom is -0.339 e. The highest BCUT2D eigenvalue weighted by atomic mass is 32.2. The van der Waals surface area contributed by atoms with Gasteiger partial charge >= 0.3 is 0 Å². The van der Waals surface area contributed by atoms with Gasteiger partial charge in [0.2, 0.25) is 11.7 Å². The van der Waals surface area contributed by atoms with Gasteiger partial charge in [-0.1, -0.05) is 53.4 Å². The number of nitrogens with zero attached hydrogens (tertiary/aromatic N) is 5. The van der Waals surface area contributed by atoms with Crippen LogP contribution < -0.4 is 0 Å². The first-order chi connectivity index (χ1) is 12.3. The third-order valence-corrected chi connectivity index (χ3v) is 6.64. The molecule has 3 heterocycles. The number of thioether (sulfide) groups is 2. The number of pyridine rings is 1. The van der Waals surface area contributed by atoms with Crippen molar-refractivity contribution in [3.05, 3.63) is 30.4 Å². The zero-order valence-corrected chi connectivity index (χ0v) is 16.4. The molecule has 0 aromatic carbocycles. The Morgan fingerprint density at radius 3 is 2.48 bits per heavy atom. The molecule has 0 amide bonds. The summed E-state index contributed by atoms with van der Waals surface area (Å²) in [5.41, 5.74) is 0.918. The Bertz CT molecular complexity index is 762. The van der Waals surface area contributed by atoms with E-state index in [0.29, 0.717) is 11.7 Å². The van der Waals surface area contributed by atoms with Gasteiger partial charge in [-0.3, -0.25) is 4.98 Å². The van der Waals surface area contributed by atoms with Gasteiger partial charge in [-0.2, -0.15) is 4.98 Å². The van der Waals surface area contributed by atoms with Crippen LogP contribution in [0.25, 0.3) is 11.4 Å². The molecule has 0 aliphatic rings. The largest absolute Gasteiger partial charge is 0.339 e. The van der Waals surface area contributed by atoms with Crippen molar-refractivity contribution >= 4 is 34.9 Å². The predicted molar refractivity (Wildman–Crippen MR) is 102 cm³/mol. The molecule has 6 nitrogen and oxygen atoms in total. The van der Waals surface area contributed by atoms with Gasteiger partial charge in [0, 0.05) is 35.9 Å². The third kappa shape index (κ3) is 5.79. The van der Waals surface area contributed by atoms with Gasteiger partial charge in [-0.25, -0.2) is 0 Å². The number of hydrogen-bond acceptors (Lipinski definition) is 9. The van der Waals surface area contributed by atoms with E-state index in [1.54, 1.807) is 47.3 Å². The van der Waals surface area contributed by atoms with E-state index in [9.17, 15) is 0 Å². The van der Waals surface area contributed by atoms with Gasteiger partial charge in [0.05, 0.1) is 0 Å². The van der Waals surface area contributed by atoms with Crippen molar-refractivity contribution in [3.63, 3.8) is 0 Å². The Labute approximate surface area is 159 Å². The van der Waals surface area contributed by atoms with Crippen molar-refractivity contribution in [2.24, 2.45) is 0 Å². The summed E-state index contributed by atoms with van der Waals surface area (Å²) in [5, 5.41) is 12.5. The molecule has 0 unspecified atom stereocenters. The molecule has 3 aromatic heterocycles. The summed E-state index contributed by atoms with van der Waals surface area (Å²) in [6.07, 6.45) is 7.60. The third-order valence-electron chi connectivity index (χ3n) is 3.28. The first kappa shape index (κ1) is 18.3. The molecule has 25 heavy (non-hydrogen) atoms. The van der Waals surface area contributed by atoms with Crippen LogP contribution in [0.4, 0.5) is 0 Å². The Kier molecular flexibility index (Phi) is 7.25. The standard InChI is InChI=1S/C16H19N5OS3/c1-2-3-10-23-15-19-20-16(25-15)24-11-4-5-13-18-14(21-22-13)12-6-8-17-9-7-12/h6-9H,2-5,10-11H2,1H3. The first-order valence-corrected chi connectivity index (χ1v) is 11.0. The lowest BCUT2D eigenvalue weighted by atomic mass is 10.2. The van der Waals surface area contributed by atoms with E-state index >= 15 is 0 Å². The van der Waals surface area contributed by atoms with Gasteiger partial charge in [0.25, 0.3) is 0 Å². The van der Waals surface area contributed by atoms with Crippen LogP contribution in [0.5, 0.6) is 0 Å². The lowest BCUT2D eigenvalue weighted by molar-refractivity contribution is 0.378. The summed E-state index contributed by atoms with van der Waals surface area (Å²) >= 11 is 5.21. The zero-order chi connectivity index (χ0) is 17.3. The number of hydrogen-bond donors (Lipinski definition) is 0. The van der Waals surface area contributed by atoms with Crippen LogP contribution in [-0.4, -0.2) is 36.8 Å². The first-order valence-electron chi connectivity index (χ1n) is 8.17. The van der Waals surface area contributed by atoms with Crippen LogP contribution in [0.15, 0.2) is 37.7 Å². The topological polar surface area (TPSA) is 77.6 Å². The Morgan fingerprint density at radius 1 is 1.04 bits per heavy atom. The molecule has 132 valence electrons. The van der Waals surface area contributed by atoms with Crippen LogP contribution in [0.1, 0.15) is 32.1 Å². The maximum Gasteiger partial charge on any atom is 0.226 e. The van der Waals surface area contributed by atoms with E-state index in [1.165, 1.54) is 12.8 Å². The van der Waals surface area contributed by atoms with E-state index in [0.717, 1.165) is 38.6 Å². The molecule has 0 saturated carbocycles. The highest BCUT2D eigenvalue weighted by molar-refractivity contribution is 8.03. The Balaban J connectivity index is 1.39. The molecule has 3 aromatic rings. The minimum atomic E-state index is 0.614. The average molecular weight is 394 g/mol. The fraction of sp³-hybridized carbons (Fsp3) is 0.438. The smallest absolute Gasteiger partial charge is 0.226 e. The van der Waals surface area contributed by atoms with Crippen LogP contribution in [-0.2, 0) is 6.42 Å². The molecule has 9 heteroatoms. The molecule has 0 atom stereocenters. The molecule has 0 fully saturated rings. The van der Waals surface area contributed by atoms with Crippen molar-refractivity contribution in [2.45, 2.75) is 41.3 Å². The summed E-state index contributed by atoms with van der Waals surface area (Å²) in [4.78, 5) is 8.42. The Morgan fingerprint density at radius 2 is 1.76 bits per heavy atom. The van der Waals surface area contributed by atoms with Crippen LogP contribution in [0.2, 0.25) is 0 Å². The maximum atomic E-state index is 5.31. The van der Waals surface area contributed by atoms with E-state index in [1.807, 2.05) is 12.1 Å². The van der Waals surface area contributed by atoms with Gasteiger partial charge in [0.15, 0.2) is 8.68 Å². The molecule has 0 N–H and O–H groups in total. The molecule has 0 radical (unpaired) electrons. The molecule has 0 bridgehead atoms. The predicted octanol–water partition coefficient (Wildman–Crippen LogP) is 4.60. The minimum absolute atomic E-state index is 0.614. The summed E-state index contributed by atoms with van der Waals surface area (Å²) in [6.45, 7) is 2.20. The van der Waals surface area contributed by atoms with Crippen LogP contribution in [0.3, 0.4) is 0 Å². The van der Waals surface area contributed by atoms with E-state index in [-0.39, 0.29) is 0 Å². The van der Waals surface area contributed by atoms with E-state index in [2.05, 4.69) is 32.2 Å². The number of aryl methyl sites for hydroxylation is 1. The summed E-state index contributed by atoms with van der Waals surface area (Å²) in [5.74, 6) is 3.36. The zero-order valence-electron chi connectivity index (χ0n) is 13.9. The fourth-order valence-electron chi connectivity index (χ4n) is 1.98. The van der Waals surface area contributed by atoms with E-state index < -0.39 is 0 Å². The average Bonchev–Trinajstić information content (AvgIpc) is 3.29. The number of rotatable bonds is 10. The summed E-state index contributed by atoms with van der Waals surface area (Å²) < 4.78 is 7.41. The normalized spacial score (nSPS) is 11.1. The lowest BCUT2D eigenvalue weighted by Gasteiger charge is -1.95. The number of unbranched alkanes of at least 4 members (excludes halogenated alkanes) is 1. The van der Waals surface area contributed by atoms with Crippen molar-refractivity contribution in [3.8, 4) is 11.4 Å². The summed E-state index contributed by atoms with van der Waals surface area (Å²) in [6, 6.07) is 3.74. The van der Waals surface area contributed by atoms with Gasteiger partial charge in [0.1, 0.15) is 0 Å². The molecule has 0 spiro atoms. The molecular weight excluding hydrogens is 374 g/mol. The van der Waals surface area contributed by atoms with Crippen molar-refractivity contribution < 1.29 is 4.52 Å². The van der Waals surface area contributed by atoms with Gasteiger partial charge < -0.3 is 4.52 Å². The lowest BCUT2D eigenvalue weighted by Crippen LogP contribution is -1.88. The van der Waals surface area contributed by atoms with Gasteiger partial charge in [-0.05, 0) is 25.0 Å². The molecule has 3 rings (SSSR count). The van der Waals surface area contributed by atoms with Crippen LogP contribution >= 0.6 is 34.9 Å². The monoisotopic (exact) mass is 393 g/mol.